The van der Waals surface area contributed by atoms with Gasteiger partial charge >= 0.3 is 0 Å². The minimum absolute atomic E-state index is 0.273. The van der Waals surface area contributed by atoms with Crippen LogP contribution in [-0.2, 0) is 0 Å². The summed E-state index contributed by atoms with van der Waals surface area (Å²) in [6.07, 6.45) is 5.12. The smallest absolute Gasteiger partial charge is 0.272 e. The molecule has 2 aromatic carbocycles. The van der Waals surface area contributed by atoms with Crippen LogP contribution in [0.2, 0.25) is 10.0 Å². The van der Waals surface area contributed by atoms with Gasteiger partial charge in [0.1, 0.15) is 5.69 Å². The van der Waals surface area contributed by atoms with Crippen LogP contribution in [-0.4, -0.2) is 22.3 Å². The zero-order valence-corrected chi connectivity index (χ0v) is 15.0. The quantitative estimate of drug-likeness (QED) is 0.489. The maximum atomic E-state index is 12.1. The molecule has 1 amide bonds. The molecule has 1 heterocycles. The maximum Gasteiger partial charge on any atom is 0.289 e. The number of hydrogen-bond acceptors (Lipinski definition) is 3. The van der Waals surface area contributed by atoms with Gasteiger partial charge in [-0.15, -0.1) is 0 Å². The molecular formula is C19H14Cl2N4O. The van der Waals surface area contributed by atoms with Crippen molar-refractivity contribution in [3.8, 4) is 11.3 Å². The van der Waals surface area contributed by atoms with E-state index in [9.17, 15) is 4.79 Å². The van der Waals surface area contributed by atoms with E-state index < -0.39 is 5.91 Å². The average molecular weight is 385 g/mol. The van der Waals surface area contributed by atoms with E-state index in [0.717, 1.165) is 5.56 Å². The number of carbonyl (C=O) groups is 1. The van der Waals surface area contributed by atoms with Crippen LogP contribution in [0.15, 0.2) is 65.8 Å². The molecule has 0 aliphatic rings. The van der Waals surface area contributed by atoms with Crippen molar-refractivity contribution in [1.82, 2.24) is 15.6 Å². The van der Waals surface area contributed by atoms with E-state index in [0.29, 0.717) is 21.3 Å². The molecule has 2 N–H and O–H groups in total. The molecule has 0 radical (unpaired) electrons. The number of hydrogen-bond donors (Lipinski definition) is 2. The fourth-order valence-electron chi connectivity index (χ4n) is 2.19. The van der Waals surface area contributed by atoms with Crippen LogP contribution < -0.4 is 5.43 Å². The molecule has 0 saturated carbocycles. The topological polar surface area (TPSA) is 70.1 Å². The number of aromatic nitrogens is 2. The predicted octanol–water partition coefficient (Wildman–Crippen LogP) is 4.81. The molecule has 0 fully saturated rings. The van der Waals surface area contributed by atoms with Gasteiger partial charge in [0.15, 0.2) is 0 Å². The second kappa shape index (κ2) is 8.47. The summed E-state index contributed by atoms with van der Waals surface area (Å²) >= 11 is 12.0. The van der Waals surface area contributed by atoms with Crippen molar-refractivity contribution in [3.05, 3.63) is 82.0 Å². The monoisotopic (exact) mass is 384 g/mol. The number of rotatable bonds is 5. The summed E-state index contributed by atoms with van der Waals surface area (Å²) in [5, 5.41) is 11.6. The summed E-state index contributed by atoms with van der Waals surface area (Å²) < 4.78 is 0. The van der Waals surface area contributed by atoms with E-state index in [4.69, 9.17) is 23.2 Å². The van der Waals surface area contributed by atoms with Crippen LogP contribution in [0.1, 0.15) is 16.1 Å². The van der Waals surface area contributed by atoms with Crippen molar-refractivity contribution in [3.63, 3.8) is 0 Å². The van der Waals surface area contributed by atoms with Crippen molar-refractivity contribution in [2.45, 2.75) is 0 Å². The lowest BCUT2D eigenvalue weighted by Gasteiger charge is -2.00. The number of benzene rings is 2. The molecular weight excluding hydrogens is 371 g/mol. The molecule has 7 heteroatoms. The Labute approximate surface area is 160 Å². The van der Waals surface area contributed by atoms with E-state index >= 15 is 0 Å². The number of H-pyrrole nitrogens is 1. The number of nitrogens with one attached hydrogen (secondary N) is 2. The number of halogens is 2. The number of allylic oxidation sites excluding steroid dienone is 1. The zero-order chi connectivity index (χ0) is 18.4. The standard InChI is InChI=1S/C19H14Cl2N4O/c20-14-8-9-15(16(21)11-14)17-12-18(24-23-17)19(26)25-22-10-4-7-13-5-2-1-3-6-13/h1-12H,(H,23,24)(H,25,26)/b7-4+,22-10+. The highest BCUT2D eigenvalue weighted by Gasteiger charge is 2.12. The van der Waals surface area contributed by atoms with Gasteiger partial charge < -0.3 is 0 Å². The molecule has 26 heavy (non-hydrogen) atoms. The summed E-state index contributed by atoms with van der Waals surface area (Å²) in [5.41, 5.74) is 4.97. The lowest BCUT2D eigenvalue weighted by atomic mass is 10.1. The van der Waals surface area contributed by atoms with E-state index in [1.165, 1.54) is 6.21 Å². The summed E-state index contributed by atoms with van der Waals surface area (Å²) in [6.45, 7) is 0. The van der Waals surface area contributed by atoms with Crippen LogP contribution in [0, 0.1) is 0 Å². The number of amides is 1. The highest BCUT2D eigenvalue weighted by molar-refractivity contribution is 6.36. The van der Waals surface area contributed by atoms with Gasteiger partial charge in [0.05, 0.1) is 10.7 Å². The second-order valence-corrected chi connectivity index (χ2v) is 6.12. The van der Waals surface area contributed by atoms with Gasteiger partial charge in [-0.05, 0) is 35.9 Å². The molecule has 0 unspecified atom stereocenters. The summed E-state index contributed by atoms with van der Waals surface area (Å²) in [5.74, 6) is -0.404. The SMILES string of the molecule is O=C(N/N=C/C=C/c1ccccc1)c1cc(-c2ccc(Cl)cc2Cl)n[nH]1. The Morgan fingerprint density at radius 3 is 2.69 bits per heavy atom. The molecule has 0 bridgehead atoms. The van der Waals surface area contributed by atoms with Gasteiger partial charge in [-0.3, -0.25) is 9.89 Å². The normalized spacial score (nSPS) is 11.3. The summed E-state index contributed by atoms with van der Waals surface area (Å²) in [6, 6.07) is 16.4. The molecule has 3 rings (SSSR count). The summed E-state index contributed by atoms with van der Waals surface area (Å²) in [4.78, 5) is 12.1. The second-order valence-electron chi connectivity index (χ2n) is 5.28. The van der Waals surface area contributed by atoms with Gasteiger partial charge in [-0.1, -0.05) is 59.6 Å². The third-order valence-corrected chi connectivity index (χ3v) is 3.99. The fraction of sp³-hybridized carbons (Fsp3) is 0. The Bertz CT molecular complexity index is 965. The third kappa shape index (κ3) is 4.59. The Balaban J connectivity index is 1.61. The fourth-order valence-corrected chi connectivity index (χ4v) is 2.70. The van der Waals surface area contributed by atoms with E-state index in [1.54, 1.807) is 30.3 Å². The molecule has 3 aromatic rings. The Morgan fingerprint density at radius 1 is 1.12 bits per heavy atom. The van der Waals surface area contributed by atoms with Crippen molar-refractivity contribution >= 4 is 41.4 Å². The first-order valence-corrected chi connectivity index (χ1v) is 8.45. The Kier molecular flexibility index (Phi) is 5.84. The largest absolute Gasteiger partial charge is 0.289 e. The van der Waals surface area contributed by atoms with Crippen LogP contribution in [0.5, 0.6) is 0 Å². The average Bonchev–Trinajstić information content (AvgIpc) is 3.12. The van der Waals surface area contributed by atoms with Crippen molar-refractivity contribution in [1.29, 1.82) is 0 Å². The number of hydrazone groups is 1. The Hall–Kier alpha value is -2.89. The lowest BCUT2D eigenvalue weighted by molar-refractivity contribution is 0.0950. The molecule has 0 aliphatic carbocycles. The molecule has 130 valence electrons. The highest BCUT2D eigenvalue weighted by Crippen LogP contribution is 2.29. The first-order chi connectivity index (χ1) is 12.6. The lowest BCUT2D eigenvalue weighted by Crippen LogP contribution is -2.17. The van der Waals surface area contributed by atoms with E-state index in [2.05, 4.69) is 20.7 Å². The van der Waals surface area contributed by atoms with E-state index in [1.807, 2.05) is 36.4 Å². The first-order valence-electron chi connectivity index (χ1n) is 7.69. The third-order valence-electron chi connectivity index (χ3n) is 3.44. The van der Waals surface area contributed by atoms with Gasteiger partial charge in [0.2, 0.25) is 0 Å². The van der Waals surface area contributed by atoms with Crippen LogP contribution in [0.25, 0.3) is 17.3 Å². The van der Waals surface area contributed by atoms with Crippen LogP contribution in [0.4, 0.5) is 0 Å². The van der Waals surface area contributed by atoms with Gasteiger partial charge in [-0.2, -0.15) is 10.2 Å². The van der Waals surface area contributed by atoms with Crippen molar-refractivity contribution in [2.24, 2.45) is 5.10 Å². The molecule has 1 aromatic heterocycles. The van der Waals surface area contributed by atoms with Gasteiger partial charge in [0, 0.05) is 16.8 Å². The van der Waals surface area contributed by atoms with Crippen molar-refractivity contribution < 1.29 is 4.79 Å². The minimum Gasteiger partial charge on any atom is -0.272 e. The maximum absolute atomic E-state index is 12.1. The van der Waals surface area contributed by atoms with Gasteiger partial charge in [0.25, 0.3) is 5.91 Å². The van der Waals surface area contributed by atoms with Crippen molar-refractivity contribution in [2.75, 3.05) is 0 Å². The number of aromatic amines is 1. The Morgan fingerprint density at radius 2 is 1.92 bits per heavy atom. The molecule has 0 saturated heterocycles. The molecule has 0 spiro atoms. The first kappa shape index (κ1) is 17.9. The number of nitrogens with zero attached hydrogens (tertiary/aromatic N) is 2. The van der Waals surface area contributed by atoms with Crippen LogP contribution in [0.3, 0.4) is 0 Å². The summed E-state index contributed by atoms with van der Waals surface area (Å²) in [7, 11) is 0. The molecule has 0 atom stereocenters. The minimum atomic E-state index is -0.404. The van der Waals surface area contributed by atoms with Gasteiger partial charge in [-0.25, -0.2) is 5.43 Å². The zero-order valence-electron chi connectivity index (χ0n) is 13.5. The van der Waals surface area contributed by atoms with Crippen LogP contribution >= 0.6 is 23.2 Å². The predicted molar refractivity (Wildman–Crippen MR) is 105 cm³/mol. The molecule has 5 nitrogen and oxygen atoms in total. The number of carbonyl (C=O) groups excluding carboxylic acids is 1. The van der Waals surface area contributed by atoms with E-state index in [-0.39, 0.29) is 5.69 Å². The highest BCUT2D eigenvalue weighted by atomic mass is 35.5. The molecule has 0 aliphatic heterocycles.